The average Bonchev–Trinajstić information content (AvgIpc) is 2.19. The van der Waals surface area contributed by atoms with Gasteiger partial charge in [0.15, 0.2) is 0 Å². The first kappa shape index (κ1) is 7.87. The molecule has 0 unspecified atom stereocenters. The van der Waals surface area contributed by atoms with E-state index in [1.54, 1.807) is 6.08 Å². The zero-order chi connectivity index (χ0) is 9.10. The van der Waals surface area contributed by atoms with E-state index in [-0.39, 0.29) is 0 Å². The van der Waals surface area contributed by atoms with E-state index < -0.39 is 0 Å². The van der Waals surface area contributed by atoms with Crippen LogP contribution in [0.1, 0.15) is 5.56 Å². The molecule has 0 amide bonds. The van der Waals surface area contributed by atoms with Crippen molar-refractivity contribution in [2.45, 2.75) is 0 Å². The predicted molar refractivity (Wildman–Crippen MR) is 55.6 cm³/mol. The Labute approximate surface area is 76.9 Å². The Balaban J connectivity index is 2.75. The minimum Gasteiger partial charge on any atom is -0.516 e. The summed E-state index contributed by atoms with van der Waals surface area (Å²) in [7, 11) is 0. The van der Waals surface area contributed by atoms with Crippen LogP contribution in [0, 0.1) is 0 Å². The van der Waals surface area contributed by atoms with Crippen LogP contribution in [0.4, 0.5) is 0 Å². The lowest BCUT2D eigenvalue weighted by Crippen LogP contribution is -1.76. The van der Waals surface area contributed by atoms with Crippen molar-refractivity contribution in [2.75, 3.05) is 0 Å². The Bertz CT molecular complexity index is 438. The lowest BCUT2D eigenvalue weighted by Gasteiger charge is -2.00. The predicted octanol–water partition coefficient (Wildman–Crippen LogP) is 3.37. The van der Waals surface area contributed by atoms with Crippen LogP contribution in [0.3, 0.4) is 0 Å². The lowest BCUT2D eigenvalue weighted by atomic mass is 10.1. The molecule has 2 aromatic rings. The molecule has 0 aliphatic carbocycles. The second kappa shape index (κ2) is 3.31. The highest BCUT2D eigenvalue weighted by atomic mass is 16.2. The molecular formula is C12H10O. The molecule has 2 rings (SSSR count). The van der Waals surface area contributed by atoms with E-state index in [1.165, 1.54) is 5.39 Å². The Hall–Kier alpha value is -1.76. The van der Waals surface area contributed by atoms with E-state index in [0.29, 0.717) is 0 Å². The highest BCUT2D eigenvalue weighted by Gasteiger charge is 1.94. The van der Waals surface area contributed by atoms with Crippen molar-refractivity contribution in [3.05, 3.63) is 54.3 Å². The number of fused-ring (bicyclic) bond motifs is 1. The van der Waals surface area contributed by atoms with E-state index in [1.807, 2.05) is 30.3 Å². The third-order valence-electron chi connectivity index (χ3n) is 2.08. The van der Waals surface area contributed by atoms with Crippen LogP contribution < -0.4 is 0 Å². The van der Waals surface area contributed by atoms with Gasteiger partial charge in [-0.1, -0.05) is 42.5 Å². The molecule has 0 fully saturated rings. The van der Waals surface area contributed by atoms with Gasteiger partial charge in [0.25, 0.3) is 0 Å². The third-order valence-corrected chi connectivity index (χ3v) is 2.08. The SMILES string of the molecule is O/C=C/c1cccc2ccccc12. The Kier molecular flexibility index (Phi) is 2.01. The molecule has 1 nitrogen and oxygen atoms in total. The largest absolute Gasteiger partial charge is 0.516 e. The van der Waals surface area contributed by atoms with Crippen LogP contribution >= 0.6 is 0 Å². The second-order valence-electron chi connectivity index (χ2n) is 2.88. The minimum atomic E-state index is 1.04. The summed E-state index contributed by atoms with van der Waals surface area (Å²) in [6, 6.07) is 14.1. The molecule has 0 radical (unpaired) electrons. The summed E-state index contributed by atoms with van der Waals surface area (Å²) >= 11 is 0. The maximum Gasteiger partial charge on any atom is 0.0797 e. The van der Waals surface area contributed by atoms with E-state index in [4.69, 9.17) is 5.11 Å². The lowest BCUT2D eigenvalue weighted by molar-refractivity contribution is 0.478. The molecule has 0 saturated heterocycles. The summed E-state index contributed by atoms with van der Waals surface area (Å²) in [6.07, 6.45) is 2.77. The van der Waals surface area contributed by atoms with Gasteiger partial charge in [-0.2, -0.15) is 0 Å². The van der Waals surface area contributed by atoms with Crippen LogP contribution in [-0.4, -0.2) is 5.11 Å². The van der Waals surface area contributed by atoms with Crippen LogP contribution in [-0.2, 0) is 0 Å². The van der Waals surface area contributed by atoms with E-state index in [0.717, 1.165) is 17.2 Å². The number of aliphatic hydroxyl groups is 1. The van der Waals surface area contributed by atoms with Crippen molar-refractivity contribution in [3.8, 4) is 0 Å². The normalized spacial score (nSPS) is 11.1. The van der Waals surface area contributed by atoms with E-state index in [9.17, 15) is 0 Å². The number of benzene rings is 2. The van der Waals surface area contributed by atoms with Gasteiger partial charge in [0.1, 0.15) is 0 Å². The van der Waals surface area contributed by atoms with Gasteiger partial charge in [-0.05, 0) is 22.4 Å². The molecule has 0 saturated carbocycles. The monoisotopic (exact) mass is 170 g/mol. The summed E-state index contributed by atoms with van der Waals surface area (Å²) in [4.78, 5) is 0. The first-order valence-corrected chi connectivity index (χ1v) is 4.20. The Morgan fingerprint density at radius 2 is 1.69 bits per heavy atom. The van der Waals surface area contributed by atoms with Gasteiger partial charge in [0.05, 0.1) is 6.26 Å². The molecule has 2 aromatic carbocycles. The summed E-state index contributed by atoms with van der Waals surface area (Å²) in [5.41, 5.74) is 1.04. The first-order chi connectivity index (χ1) is 6.42. The van der Waals surface area contributed by atoms with Gasteiger partial charge in [-0.3, -0.25) is 0 Å². The van der Waals surface area contributed by atoms with Crippen LogP contribution in [0.15, 0.2) is 48.7 Å². The topological polar surface area (TPSA) is 20.2 Å². The number of rotatable bonds is 1. The molecule has 0 aromatic heterocycles. The first-order valence-electron chi connectivity index (χ1n) is 4.20. The van der Waals surface area contributed by atoms with Crippen molar-refractivity contribution in [3.63, 3.8) is 0 Å². The molecule has 0 heterocycles. The summed E-state index contributed by atoms with van der Waals surface area (Å²) in [5, 5.41) is 11.1. The molecule has 0 spiro atoms. The third kappa shape index (κ3) is 1.41. The molecule has 0 atom stereocenters. The zero-order valence-corrected chi connectivity index (χ0v) is 7.14. The minimum absolute atomic E-state index is 1.04. The summed E-state index contributed by atoms with van der Waals surface area (Å²) < 4.78 is 0. The summed E-state index contributed by atoms with van der Waals surface area (Å²) in [5.74, 6) is 0. The average molecular weight is 170 g/mol. The highest BCUT2D eigenvalue weighted by molar-refractivity contribution is 5.90. The maximum absolute atomic E-state index is 8.70. The number of aliphatic hydroxyl groups excluding tert-OH is 1. The van der Waals surface area contributed by atoms with Crippen molar-refractivity contribution in [2.24, 2.45) is 0 Å². The molecule has 64 valence electrons. The summed E-state index contributed by atoms with van der Waals surface area (Å²) in [6.45, 7) is 0. The van der Waals surface area contributed by atoms with Crippen molar-refractivity contribution in [1.29, 1.82) is 0 Å². The zero-order valence-electron chi connectivity index (χ0n) is 7.14. The smallest absolute Gasteiger partial charge is 0.0797 e. The fraction of sp³-hybridized carbons (Fsp3) is 0. The quantitative estimate of drug-likeness (QED) is 0.650. The Morgan fingerprint density at radius 3 is 2.54 bits per heavy atom. The fourth-order valence-corrected chi connectivity index (χ4v) is 1.48. The second-order valence-corrected chi connectivity index (χ2v) is 2.88. The molecule has 1 heteroatoms. The molecule has 0 aliphatic heterocycles. The molecule has 0 aliphatic rings. The fourth-order valence-electron chi connectivity index (χ4n) is 1.48. The molecular weight excluding hydrogens is 160 g/mol. The van der Waals surface area contributed by atoms with Crippen molar-refractivity contribution >= 4 is 16.8 Å². The number of hydrogen-bond acceptors (Lipinski definition) is 1. The van der Waals surface area contributed by atoms with Crippen molar-refractivity contribution < 1.29 is 5.11 Å². The standard InChI is InChI=1S/C12H10O/c13-9-8-11-6-3-5-10-4-1-2-7-12(10)11/h1-9,13H/b9-8+. The molecule has 13 heavy (non-hydrogen) atoms. The highest BCUT2D eigenvalue weighted by Crippen LogP contribution is 2.19. The number of hydrogen-bond donors (Lipinski definition) is 1. The van der Waals surface area contributed by atoms with Crippen molar-refractivity contribution in [1.82, 2.24) is 0 Å². The van der Waals surface area contributed by atoms with Crippen LogP contribution in [0.5, 0.6) is 0 Å². The van der Waals surface area contributed by atoms with Gasteiger partial charge < -0.3 is 5.11 Å². The van der Waals surface area contributed by atoms with Gasteiger partial charge in [-0.25, -0.2) is 0 Å². The molecule has 0 bridgehead atoms. The van der Waals surface area contributed by atoms with E-state index >= 15 is 0 Å². The van der Waals surface area contributed by atoms with Crippen LogP contribution in [0.25, 0.3) is 16.8 Å². The van der Waals surface area contributed by atoms with E-state index in [2.05, 4.69) is 12.1 Å². The van der Waals surface area contributed by atoms with Gasteiger partial charge in [-0.15, -0.1) is 0 Å². The maximum atomic E-state index is 8.70. The molecule has 1 N–H and O–H groups in total. The van der Waals surface area contributed by atoms with Gasteiger partial charge in [0, 0.05) is 0 Å². The Morgan fingerprint density at radius 1 is 0.923 bits per heavy atom. The van der Waals surface area contributed by atoms with Gasteiger partial charge in [0.2, 0.25) is 0 Å². The van der Waals surface area contributed by atoms with Gasteiger partial charge >= 0.3 is 0 Å². The van der Waals surface area contributed by atoms with Crippen LogP contribution in [0.2, 0.25) is 0 Å².